The Bertz CT molecular complexity index is 161. The highest BCUT2D eigenvalue weighted by atomic mass is 32.2. The third kappa shape index (κ3) is 4.03. The molecule has 0 radical (unpaired) electrons. The van der Waals surface area contributed by atoms with Crippen molar-refractivity contribution >= 4 is 17.7 Å². The maximum atomic E-state index is 11.5. The highest BCUT2D eigenvalue weighted by Gasteiger charge is 2.19. The SMILES string of the molecule is CCSCCC1CCCCNC1=O. The fourth-order valence-electron chi connectivity index (χ4n) is 1.65. The van der Waals surface area contributed by atoms with Gasteiger partial charge in [-0.3, -0.25) is 4.79 Å². The van der Waals surface area contributed by atoms with Crippen molar-refractivity contribution in [2.75, 3.05) is 18.1 Å². The summed E-state index contributed by atoms with van der Waals surface area (Å²) in [6.07, 6.45) is 4.52. The van der Waals surface area contributed by atoms with Crippen LogP contribution in [0.1, 0.15) is 32.6 Å². The fourth-order valence-corrected chi connectivity index (χ4v) is 2.39. The second-order valence-electron chi connectivity index (χ2n) is 3.47. The Morgan fingerprint density at radius 2 is 2.38 bits per heavy atom. The number of carbonyl (C=O) groups is 1. The summed E-state index contributed by atoms with van der Waals surface area (Å²) in [5.74, 6) is 2.87. The van der Waals surface area contributed by atoms with Crippen LogP contribution in [-0.4, -0.2) is 24.0 Å². The number of hydrogen-bond acceptors (Lipinski definition) is 2. The number of hydrogen-bond donors (Lipinski definition) is 1. The summed E-state index contributed by atoms with van der Waals surface area (Å²) < 4.78 is 0. The Balaban J connectivity index is 2.24. The minimum absolute atomic E-state index is 0.286. The molecular weight excluding hydrogens is 182 g/mol. The molecule has 1 aliphatic heterocycles. The van der Waals surface area contributed by atoms with Crippen molar-refractivity contribution in [3.63, 3.8) is 0 Å². The molecule has 13 heavy (non-hydrogen) atoms. The van der Waals surface area contributed by atoms with Crippen LogP contribution in [0.15, 0.2) is 0 Å². The lowest BCUT2D eigenvalue weighted by Gasteiger charge is -2.11. The number of amides is 1. The second kappa shape index (κ2) is 6.30. The van der Waals surface area contributed by atoms with Gasteiger partial charge in [0, 0.05) is 12.5 Å². The first-order chi connectivity index (χ1) is 6.34. The van der Waals surface area contributed by atoms with Crippen molar-refractivity contribution in [3.8, 4) is 0 Å². The van der Waals surface area contributed by atoms with E-state index in [1.54, 1.807) is 0 Å². The lowest BCUT2D eigenvalue weighted by Crippen LogP contribution is -2.29. The summed E-state index contributed by atoms with van der Waals surface area (Å²) in [6, 6.07) is 0. The Hall–Kier alpha value is -0.180. The number of nitrogens with one attached hydrogen (secondary N) is 1. The monoisotopic (exact) mass is 201 g/mol. The minimum atomic E-state index is 0.286. The zero-order chi connectivity index (χ0) is 9.52. The van der Waals surface area contributed by atoms with Crippen LogP contribution in [0, 0.1) is 5.92 Å². The molecule has 1 rings (SSSR count). The molecule has 0 spiro atoms. The average Bonchev–Trinajstić information content (AvgIpc) is 2.32. The van der Waals surface area contributed by atoms with E-state index in [9.17, 15) is 4.79 Å². The molecule has 76 valence electrons. The van der Waals surface area contributed by atoms with Crippen molar-refractivity contribution in [1.82, 2.24) is 5.32 Å². The Morgan fingerprint density at radius 1 is 1.54 bits per heavy atom. The molecule has 1 unspecified atom stereocenters. The van der Waals surface area contributed by atoms with Gasteiger partial charge in [0.05, 0.1) is 0 Å². The molecule has 3 heteroatoms. The lowest BCUT2D eigenvalue weighted by atomic mass is 10.0. The van der Waals surface area contributed by atoms with Gasteiger partial charge >= 0.3 is 0 Å². The van der Waals surface area contributed by atoms with Gasteiger partial charge in [-0.25, -0.2) is 0 Å². The largest absolute Gasteiger partial charge is 0.356 e. The predicted octanol–water partition coefficient (Wildman–Crippen LogP) is 2.05. The normalized spacial score (nSPS) is 23.8. The Kier molecular flexibility index (Phi) is 5.28. The molecule has 0 aromatic rings. The smallest absolute Gasteiger partial charge is 0.223 e. The van der Waals surface area contributed by atoms with Crippen LogP contribution in [0.3, 0.4) is 0 Å². The molecular formula is C10H19NOS. The van der Waals surface area contributed by atoms with E-state index < -0.39 is 0 Å². The van der Waals surface area contributed by atoms with E-state index in [1.165, 1.54) is 6.42 Å². The topological polar surface area (TPSA) is 29.1 Å². The van der Waals surface area contributed by atoms with Gasteiger partial charge in [-0.15, -0.1) is 0 Å². The number of thioether (sulfide) groups is 1. The highest BCUT2D eigenvalue weighted by molar-refractivity contribution is 7.99. The van der Waals surface area contributed by atoms with Crippen LogP contribution in [0.25, 0.3) is 0 Å². The minimum Gasteiger partial charge on any atom is -0.356 e. The van der Waals surface area contributed by atoms with Gasteiger partial charge in [0.25, 0.3) is 0 Å². The second-order valence-corrected chi connectivity index (χ2v) is 4.86. The quantitative estimate of drug-likeness (QED) is 0.705. The Labute approximate surface area is 84.9 Å². The van der Waals surface area contributed by atoms with Gasteiger partial charge in [-0.1, -0.05) is 13.3 Å². The summed E-state index contributed by atoms with van der Waals surface area (Å²) >= 11 is 1.93. The molecule has 0 bridgehead atoms. The van der Waals surface area contributed by atoms with Crippen LogP contribution in [0.4, 0.5) is 0 Å². The standard InChI is InChI=1S/C10H19NOS/c1-2-13-8-6-9-5-3-4-7-11-10(9)12/h9H,2-8H2,1H3,(H,11,12). The molecule has 2 nitrogen and oxygen atoms in total. The van der Waals surface area contributed by atoms with Crippen molar-refractivity contribution in [1.29, 1.82) is 0 Å². The average molecular weight is 201 g/mol. The molecule has 0 aliphatic carbocycles. The van der Waals surface area contributed by atoms with E-state index in [4.69, 9.17) is 0 Å². The molecule has 0 aromatic heterocycles. The molecule has 0 saturated carbocycles. The van der Waals surface area contributed by atoms with Crippen molar-refractivity contribution < 1.29 is 4.79 Å². The molecule has 1 fully saturated rings. The molecule has 1 heterocycles. The maximum absolute atomic E-state index is 11.5. The molecule has 0 aromatic carbocycles. The molecule has 1 N–H and O–H groups in total. The van der Waals surface area contributed by atoms with Crippen molar-refractivity contribution in [2.24, 2.45) is 5.92 Å². The van der Waals surface area contributed by atoms with Crippen LogP contribution < -0.4 is 5.32 Å². The maximum Gasteiger partial charge on any atom is 0.223 e. The van der Waals surface area contributed by atoms with Gasteiger partial charge in [0.15, 0.2) is 0 Å². The molecule has 1 atom stereocenters. The van der Waals surface area contributed by atoms with Crippen LogP contribution in [0.5, 0.6) is 0 Å². The van der Waals surface area contributed by atoms with Gasteiger partial charge in [0.2, 0.25) is 5.91 Å². The third-order valence-electron chi connectivity index (χ3n) is 2.46. The van der Waals surface area contributed by atoms with Gasteiger partial charge < -0.3 is 5.32 Å². The molecule has 1 saturated heterocycles. The first-order valence-electron chi connectivity index (χ1n) is 5.20. The summed E-state index contributed by atoms with van der Waals surface area (Å²) in [4.78, 5) is 11.5. The lowest BCUT2D eigenvalue weighted by molar-refractivity contribution is -0.124. The van der Waals surface area contributed by atoms with E-state index >= 15 is 0 Å². The fraction of sp³-hybridized carbons (Fsp3) is 0.900. The van der Waals surface area contributed by atoms with Gasteiger partial charge in [0.1, 0.15) is 0 Å². The van der Waals surface area contributed by atoms with Crippen LogP contribution >= 0.6 is 11.8 Å². The van der Waals surface area contributed by atoms with Crippen molar-refractivity contribution in [2.45, 2.75) is 32.6 Å². The van der Waals surface area contributed by atoms with E-state index in [0.29, 0.717) is 5.92 Å². The van der Waals surface area contributed by atoms with E-state index in [0.717, 1.165) is 37.3 Å². The molecule has 1 amide bonds. The summed E-state index contributed by atoms with van der Waals surface area (Å²) in [5.41, 5.74) is 0. The first-order valence-corrected chi connectivity index (χ1v) is 6.35. The zero-order valence-corrected chi connectivity index (χ0v) is 9.16. The van der Waals surface area contributed by atoms with E-state index in [1.807, 2.05) is 11.8 Å². The predicted molar refractivity (Wildman–Crippen MR) is 58.0 cm³/mol. The third-order valence-corrected chi connectivity index (χ3v) is 3.40. The molecule has 1 aliphatic rings. The van der Waals surface area contributed by atoms with Gasteiger partial charge in [-0.2, -0.15) is 11.8 Å². The van der Waals surface area contributed by atoms with E-state index in [2.05, 4.69) is 12.2 Å². The van der Waals surface area contributed by atoms with Crippen LogP contribution in [0.2, 0.25) is 0 Å². The summed E-state index contributed by atoms with van der Waals surface area (Å²) in [7, 11) is 0. The first kappa shape index (κ1) is 10.9. The number of carbonyl (C=O) groups excluding carboxylic acids is 1. The Morgan fingerprint density at radius 3 is 3.15 bits per heavy atom. The highest BCUT2D eigenvalue weighted by Crippen LogP contribution is 2.18. The zero-order valence-electron chi connectivity index (χ0n) is 8.34. The summed E-state index contributed by atoms with van der Waals surface area (Å²) in [6.45, 7) is 3.05. The summed E-state index contributed by atoms with van der Waals surface area (Å²) in [5, 5.41) is 2.97. The van der Waals surface area contributed by atoms with E-state index in [-0.39, 0.29) is 5.91 Å². The van der Waals surface area contributed by atoms with Crippen molar-refractivity contribution in [3.05, 3.63) is 0 Å². The van der Waals surface area contributed by atoms with Crippen LogP contribution in [-0.2, 0) is 4.79 Å². The number of rotatable bonds is 4. The van der Waals surface area contributed by atoms with Gasteiger partial charge in [-0.05, 0) is 30.8 Å².